The van der Waals surface area contributed by atoms with Gasteiger partial charge in [0.25, 0.3) is 5.56 Å². The Bertz CT molecular complexity index is 1310. The number of likely N-dealkylation sites (tertiary alicyclic amines) is 1. The molecule has 2 aromatic heterocycles. The maximum atomic E-state index is 13.5. The van der Waals surface area contributed by atoms with Crippen molar-refractivity contribution in [3.05, 3.63) is 64.0 Å². The minimum atomic E-state index is -0.751. The molecule has 0 radical (unpaired) electrons. The number of carbonyl (C=O) groups is 2. The highest BCUT2D eigenvalue weighted by molar-refractivity contribution is 5.99. The summed E-state index contributed by atoms with van der Waals surface area (Å²) >= 11 is 0. The van der Waals surface area contributed by atoms with Gasteiger partial charge in [0.05, 0.1) is 23.1 Å². The summed E-state index contributed by atoms with van der Waals surface area (Å²) in [6.45, 7) is 5.38. The van der Waals surface area contributed by atoms with Gasteiger partial charge >= 0.3 is 0 Å². The van der Waals surface area contributed by atoms with Crippen molar-refractivity contribution in [3.8, 4) is 0 Å². The van der Waals surface area contributed by atoms with Gasteiger partial charge in [-0.05, 0) is 63.0 Å². The second-order valence-electron chi connectivity index (χ2n) is 9.35. The number of aromatic nitrogens is 3. The van der Waals surface area contributed by atoms with Crippen molar-refractivity contribution < 1.29 is 9.59 Å². The number of nitrogens with one attached hydrogen (secondary N) is 2. The Kier molecular flexibility index (Phi) is 6.59. The summed E-state index contributed by atoms with van der Waals surface area (Å²) < 4.78 is 1.41. The molecule has 9 heteroatoms. The number of anilines is 1. The van der Waals surface area contributed by atoms with Crippen LogP contribution in [0.4, 0.5) is 5.69 Å². The number of rotatable bonds is 6. The first kappa shape index (κ1) is 23.2. The monoisotopic (exact) mass is 474 g/mol. The number of nitrogens with zero attached hydrogens (tertiary/aromatic N) is 4. The molecule has 2 fully saturated rings. The van der Waals surface area contributed by atoms with Crippen LogP contribution in [0.1, 0.15) is 55.2 Å². The van der Waals surface area contributed by atoms with E-state index in [4.69, 9.17) is 0 Å². The van der Waals surface area contributed by atoms with Crippen molar-refractivity contribution in [1.29, 1.82) is 0 Å². The highest BCUT2D eigenvalue weighted by Crippen LogP contribution is 2.24. The highest BCUT2D eigenvalue weighted by atomic mass is 16.2. The van der Waals surface area contributed by atoms with E-state index in [1.165, 1.54) is 29.4 Å². The van der Waals surface area contributed by atoms with Crippen LogP contribution in [0, 0.1) is 6.92 Å². The third-order valence-corrected chi connectivity index (χ3v) is 6.83. The first-order chi connectivity index (χ1) is 17.0. The van der Waals surface area contributed by atoms with E-state index in [-0.39, 0.29) is 24.3 Å². The molecule has 1 atom stereocenters. The Hall–Kier alpha value is -3.59. The van der Waals surface area contributed by atoms with Crippen molar-refractivity contribution in [2.24, 2.45) is 0 Å². The standard InChI is InChI=1S/C26H30N6O3/c1-17-29-21-7-5-6-20(24(21)26(35)32(17)22-10-11-23(33)30-25(22)34)28-15-19-9-8-18(14-27-19)16-31-12-3-2-4-13-31/h5-9,14,22,28H,2-4,10-13,15-16H2,1H3,(H,30,33,34). The molecule has 3 aromatic rings. The van der Waals surface area contributed by atoms with Gasteiger partial charge in [0.15, 0.2) is 0 Å². The lowest BCUT2D eigenvalue weighted by atomic mass is 10.1. The lowest BCUT2D eigenvalue weighted by Gasteiger charge is -2.26. The highest BCUT2D eigenvalue weighted by Gasteiger charge is 2.30. The fraction of sp³-hybridized carbons (Fsp3) is 0.423. The Morgan fingerprint density at radius 3 is 2.66 bits per heavy atom. The molecular formula is C26H30N6O3. The average Bonchev–Trinajstić information content (AvgIpc) is 2.85. The summed E-state index contributed by atoms with van der Waals surface area (Å²) in [4.78, 5) is 49.2. The fourth-order valence-corrected chi connectivity index (χ4v) is 5.01. The molecule has 5 rings (SSSR count). The van der Waals surface area contributed by atoms with E-state index in [9.17, 15) is 14.4 Å². The number of pyridine rings is 1. The van der Waals surface area contributed by atoms with Crippen molar-refractivity contribution in [3.63, 3.8) is 0 Å². The molecule has 0 aliphatic carbocycles. The molecule has 1 unspecified atom stereocenters. The van der Waals surface area contributed by atoms with Gasteiger partial charge in [-0.2, -0.15) is 0 Å². The largest absolute Gasteiger partial charge is 0.379 e. The number of benzene rings is 1. The molecule has 0 spiro atoms. The van der Waals surface area contributed by atoms with Crippen molar-refractivity contribution in [1.82, 2.24) is 24.8 Å². The van der Waals surface area contributed by atoms with E-state index in [1.54, 1.807) is 13.0 Å². The molecule has 35 heavy (non-hydrogen) atoms. The van der Waals surface area contributed by atoms with Crippen LogP contribution in [-0.2, 0) is 22.7 Å². The maximum absolute atomic E-state index is 13.5. The Morgan fingerprint density at radius 2 is 1.91 bits per heavy atom. The molecule has 2 aliphatic rings. The van der Waals surface area contributed by atoms with Gasteiger partial charge < -0.3 is 5.32 Å². The normalized spacial score (nSPS) is 19.1. The predicted molar refractivity (Wildman–Crippen MR) is 133 cm³/mol. The Balaban J connectivity index is 1.36. The van der Waals surface area contributed by atoms with Gasteiger partial charge in [-0.3, -0.25) is 34.2 Å². The van der Waals surface area contributed by atoms with Crippen LogP contribution in [0.3, 0.4) is 0 Å². The summed E-state index contributed by atoms with van der Waals surface area (Å²) in [5.74, 6) is -0.338. The van der Waals surface area contributed by atoms with Crippen LogP contribution in [0.5, 0.6) is 0 Å². The van der Waals surface area contributed by atoms with Gasteiger partial charge in [0.2, 0.25) is 11.8 Å². The van der Waals surface area contributed by atoms with Crippen LogP contribution >= 0.6 is 0 Å². The first-order valence-electron chi connectivity index (χ1n) is 12.3. The van der Waals surface area contributed by atoms with Crippen LogP contribution in [0.25, 0.3) is 10.9 Å². The van der Waals surface area contributed by atoms with Crippen molar-refractivity contribution in [2.45, 2.75) is 58.2 Å². The molecule has 2 N–H and O–H groups in total. The zero-order chi connectivity index (χ0) is 24.4. The summed E-state index contributed by atoms with van der Waals surface area (Å²) in [6.07, 6.45) is 6.25. The second-order valence-corrected chi connectivity index (χ2v) is 9.35. The number of aryl methyl sites for hydroxylation is 1. The number of hydrogen-bond donors (Lipinski definition) is 2. The number of hydrogen-bond acceptors (Lipinski definition) is 7. The van der Waals surface area contributed by atoms with Crippen molar-refractivity contribution >= 4 is 28.4 Å². The summed E-state index contributed by atoms with van der Waals surface area (Å²) in [5, 5.41) is 6.08. The number of carbonyl (C=O) groups excluding carboxylic acids is 2. The summed E-state index contributed by atoms with van der Waals surface area (Å²) in [6, 6.07) is 8.85. The van der Waals surface area contributed by atoms with E-state index in [0.29, 0.717) is 29.0 Å². The summed E-state index contributed by atoms with van der Waals surface area (Å²) in [7, 11) is 0. The first-order valence-corrected chi connectivity index (χ1v) is 12.3. The maximum Gasteiger partial charge on any atom is 0.264 e. The number of amides is 2. The van der Waals surface area contributed by atoms with Gasteiger partial charge in [-0.1, -0.05) is 18.6 Å². The van der Waals surface area contributed by atoms with Crippen LogP contribution in [0.15, 0.2) is 41.3 Å². The smallest absolute Gasteiger partial charge is 0.264 e. The molecule has 4 heterocycles. The van der Waals surface area contributed by atoms with Crippen LogP contribution in [-0.4, -0.2) is 44.3 Å². The van der Waals surface area contributed by atoms with Crippen molar-refractivity contribution in [2.75, 3.05) is 18.4 Å². The molecule has 182 valence electrons. The Labute approximate surface area is 203 Å². The third kappa shape index (κ3) is 4.95. The van der Waals surface area contributed by atoms with E-state index in [2.05, 4.69) is 31.6 Å². The third-order valence-electron chi connectivity index (χ3n) is 6.83. The zero-order valence-electron chi connectivity index (χ0n) is 19.9. The SMILES string of the molecule is Cc1nc2cccc(NCc3ccc(CN4CCCCC4)cn3)c2c(=O)n1C1CCC(=O)NC1=O. The minimum absolute atomic E-state index is 0.194. The predicted octanol–water partition coefficient (Wildman–Crippen LogP) is 2.68. The molecule has 2 saturated heterocycles. The summed E-state index contributed by atoms with van der Waals surface area (Å²) in [5.41, 5.74) is 2.98. The van der Waals surface area contributed by atoms with Crippen LogP contribution in [0.2, 0.25) is 0 Å². The zero-order valence-corrected chi connectivity index (χ0v) is 19.9. The van der Waals surface area contributed by atoms with Gasteiger partial charge in [-0.15, -0.1) is 0 Å². The van der Waals surface area contributed by atoms with Crippen LogP contribution < -0.4 is 16.2 Å². The lowest BCUT2D eigenvalue weighted by molar-refractivity contribution is -0.135. The minimum Gasteiger partial charge on any atom is -0.379 e. The lowest BCUT2D eigenvalue weighted by Crippen LogP contribution is -2.45. The number of imide groups is 1. The number of fused-ring (bicyclic) bond motifs is 1. The fourth-order valence-electron chi connectivity index (χ4n) is 5.01. The van der Waals surface area contributed by atoms with E-state index < -0.39 is 11.9 Å². The topological polar surface area (TPSA) is 109 Å². The second kappa shape index (κ2) is 9.95. The van der Waals surface area contributed by atoms with E-state index >= 15 is 0 Å². The van der Waals surface area contributed by atoms with E-state index in [1.807, 2.05) is 24.4 Å². The van der Waals surface area contributed by atoms with Gasteiger partial charge in [0, 0.05) is 24.8 Å². The Morgan fingerprint density at radius 1 is 1.09 bits per heavy atom. The average molecular weight is 475 g/mol. The molecule has 0 saturated carbocycles. The molecule has 2 amide bonds. The molecule has 0 bridgehead atoms. The molecule has 1 aromatic carbocycles. The van der Waals surface area contributed by atoms with E-state index in [0.717, 1.165) is 25.3 Å². The number of piperidine rings is 2. The molecule has 9 nitrogen and oxygen atoms in total. The quantitative estimate of drug-likeness (QED) is 0.529. The van der Waals surface area contributed by atoms with Gasteiger partial charge in [-0.25, -0.2) is 4.98 Å². The molecule has 2 aliphatic heterocycles. The van der Waals surface area contributed by atoms with Gasteiger partial charge in [0.1, 0.15) is 11.9 Å². The molecular weight excluding hydrogens is 444 g/mol.